The van der Waals surface area contributed by atoms with Gasteiger partial charge in [-0.3, -0.25) is 9.59 Å². The standard InChI is InChI=1S/C17H16FN5O2S/c18-12-5-3-4-11(8-12)10-19-15(25)13-9-14(24)20-16-23(13)21-17(26-16)22-6-1-2-7-22/h3-5,8-9H,1-2,6-7,10H2,(H,19,25). The van der Waals surface area contributed by atoms with Crippen LogP contribution in [-0.4, -0.2) is 33.6 Å². The van der Waals surface area contributed by atoms with Crippen LogP contribution >= 0.6 is 11.3 Å². The van der Waals surface area contributed by atoms with Crippen molar-refractivity contribution in [1.29, 1.82) is 0 Å². The first-order valence-electron chi connectivity index (χ1n) is 8.29. The number of aromatic nitrogens is 3. The minimum atomic E-state index is -0.488. The summed E-state index contributed by atoms with van der Waals surface area (Å²) < 4.78 is 14.7. The van der Waals surface area contributed by atoms with Crippen LogP contribution < -0.4 is 15.8 Å². The lowest BCUT2D eigenvalue weighted by molar-refractivity contribution is 0.0943. The number of anilines is 1. The Morgan fingerprint density at radius 1 is 1.27 bits per heavy atom. The van der Waals surface area contributed by atoms with E-state index in [9.17, 15) is 14.0 Å². The summed E-state index contributed by atoms with van der Waals surface area (Å²) in [6, 6.07) is 7.15. The lowest BCUT2D eigenvalue weighted by atomic mass is 10.2. The third kappa shape index (κ3) is 3.30. The van der Waals surface area contributed by atoms with E-state index in [-0.39, 0.29) is 18.1 Å². The topological polar surface area (TPSA) is 79.6 Å². The van der Waals surface area contributed by atoms with Crippen LogP contribution in [0.15, 0.2) is 35.1 Å². The highest BCUT2D eigenvalue weighted by molar-refractivity contribution is 7.20. The van der Waals surface area contributed by atoms with Gasteiger partial charge >= 0.3 is 0 Å². The van der Waals surface area contributed by atoms with Crippen molar-refractivity contribution < 1.29 is 9.18 Å². The molecule has 1 N–H and O–H groups in total. The Labute approximate surface area is 152 Å². The Morgan fingerprint density at radius 3 is 2.85 bits per heavy atom. The second kappa shape index (κ2) is 6.83. The molecule has 0 aliphatic carbocycles. The molecule has 0 radical (unpaired) electrons. The highest BCUT2D eigenvalue weighted by Gasteiger charge is 2.20. The number of hydrogen-bond acceptors (Lipinski definition) is 6. The van der Waals surface area contributed by atoms with E-state index in [1.54, 1.807) is 12.1 Å². The van der Waals surface area contributed by atoms with Crippen molar-refractivity contribution in [2.75, 3.05) is 18.0 Å². The van der Waals surface area contributed by atoms with E-state index >= 15 is 0 Å². The van der Waals surface area contributed by atoms with E-state index in [1.165, 1.54) is 34.1 Å². The zero-order valence-corrected chi connectivity index (χ0v) is 14.6. The number of halogens is 1. The summed E-state index contributed by atoms with van der Waals surface area (Å²) in [6.45, 7) is 1.97. The highest BCUT2D eigenvalue weighted by atomic mass is 32.1. The predicted octanol–water partition coefficient (Wildman–Crippen LogP) is 1.82. The van der Waals surface area contributed by atoms with E-state index in [1.807, 2.05) is 0 Å². The van der Waals surface area contributed by atoms with Gasteiger partial charge in [0, 0.05) is 25.7 Å². The van der Waals surface area contributed by atoms with Crippen LogP contribution in [0.1, 0.15) is 28.9 Å². The molecule has 1 amide bonds. The fourth-order valence-electron chi connectivity index (χ4n) is 2.92. The molecule has 26 heavy (non-hydrogen) atoms. The molecule has 3 aromatic rings. The van der Waals surface area contributed by atoms with Crippen LogP contribution in [0.4, 0.5) is 9.52 Å². The zero-order chi connectivity index (χ0) is 18.1. The number of nitrogens with one attached hydrogen (secondary N) is 1. The Morgan fingerprint density at radius 2 is 2.08 bits per heavy atom. The molecule has 1 aliphatic rings. The van der Waals surface area contributed by atoms with Gasteiger partial charge in [0.15, 0.2) is 0 Å². The number of fused-ring (bicyclic) bond motifs is 1. The maximum absolute atomic E-state index is 13.2. The Bertz CT molecular complexity index is 1030. The smallest absolute Gasteiger partial charge is 0.274 e. The summed E-state index contributed by atoms with van der Waals surface area (Å²) in [5, 5.41) is 7.91. The van der Waals surface area contributed by atoms with Crippen molar-refractivity contribution in [2.45, 2.75) is 19.4 Å². The molecule has 1 saturated heterocycles. The molecule has 1 aliphatic heterocycles. The molecule has 1 fully saturated rings. The van der Waals surface area contributed by atoms with Gasteiger partial charge < -0.3 is 10.2 Å². The van der Waals surface area contributed by atoms with Crippen molar-refractivity contribution in [3.63, 3.8) is 0 Å². The van der Waals surface area contributed by atoms with Crippen LogP contribution in [-0.2, 0) is 6.54 Å². The average molecular weight is 373 g/mol. The summed E-state index contributed by atoms with van der Waals surface area (Å²) >= 11 is 1.29. The maximum Gasteiger partial charge on any atom is 0.274 e. The summed E-state index contributed by atoms with van der Waals surface area (Å²) in [7, 11) is 0. The average Bonchev–Trinajstić information content (AvgIpc) is 3.28. The van der Waals surface area contributed by atoms with Crippen molar-refractivity contribution in [2.24, 2.45) is 0 Å². The van der Waals surface area contributed by atoms with E-state index < -0.39 is 11.5 Å². The van der Waals surface area contributed by atoms with E-state index in [0.717, 1.165) is 31.1 Å². The molecule has 0 atom stereocenters. The number of rotatable bonds is 4. The summed E-state index contributed by atoms with van der Waals surface area (Å²) in [5.74, 6) is -0.823. The van der Waals surface area contributed by atoms with Gasteiger partial charge in [-0.25, -0.2) is 4.39 Å². The Hall–Kier alpha value is -2.81. The van der Waals surface area contributed by atoms with Crippen LogP contribution in [0.2, 0.25) is 0 Å². The Kier molecular flexibility index (Phi) is 4.37. The number of benzene rings is 1. The van der Waals surface area contributed by atoms with Gasteiger partial charge in [0.2, 0.25) is 10.1 Å². The van der Waals surface area contributed by atoms with Gasteiger partial charge in [-0.1, -0.05) is 23.5 Å². The van der Waals surface area contributed by atoms with Gasteiger partial charge in [0.25, 0.3) is 11.5 Å². The van der Waals surface area contributed by atoms with Crippen LogP contribution in [0.3, 0.4) is 0 Å². The normalized spacial score (nSPS) is 14.1. The minimum Gasteiger partial charge on any atom is -0.347 e. The summed E-state index contributed by atoms with van der Waals surface area (Å²) in [4.78, 5) is 30.9. The number of carbonyl (C=O) groups is 1. The fourth-order valence-corrected chi connectivity index (χ4v) is 3.88. The SMILES string of the molecule is O=C(NCc1cccc(F)c1)c1cc(=O)nc2sc(N3CCCC3)nn12. The molecular weight excluding hydrogens is 357 g/mol. The van der Waals surface area contributed by atoms with Gasteiger partial charge in [0.05, 0.1) is 0 Å². The van der Waals surface area contributed by atoms with Gasteiger partial charge in [-0.05, 0) is 30.5 Å². The molecule has 0 saturated carbocycles. The lowest BCUT2D eigenvalue weighted by Gasteiger charge is -2.11. The molecule has 3 heterocycles. The van der Waals surface area contributed by atoms with E-state index in [4.69, 9.17) is 0 Å². The Balaban J connectivity index is 1.62. The zero-order valence-electron chi connectivity index (χ0n) is 13.8. The van der Waals surface area contributed by atoms with E-state index in [0.29, 0.717) is 10.5 Å². The summed E-state index contributed by atoms with van der Waals surface area (Å²) in [5.41, 5.74) is 0.266. The monoisotopic (exact) mass is 373 g/mol. The van der Waals surface area contributed by atoms with Gasteiger partial charge in [-0.15, -0.1) is 5.10 Å². The fraction of sp³-hybridized carbons (Fsp3) is 0.294. The molecule has 7 nitrogen and oxygen atoms in total. The molecule has 9 heteroatoms. The third-order valence-corrected chi connectivity index (χ3v) is 5.16. The molecule has 134 valence electrons. The lowest BCUT2D eigenvalue weighted by Crippen LogP contribution is -2.27. The first kappa shape index (κ1) is 16.6. The molecule has 0 bridgehead atoms. The summed E-state index contributed by atoms with van der Waals surface area (Å²) in [6.07, 6.45) is 2.20. The van der Waals surface area contributed by atoms with Crippen molar-refractivity contribution >= 4 is 27.3 Å². The predicted molar refractivity (Wildman–Crippen MR) is 96.2 cm³/mol. The maximum atomic E-state index is 13.2. The third-order valence-electron chi connectivity index (χ3n) is 4.19. The molecule has 4 rings (SSSR count). The second-order valence-corrected chi connectivity index (χ2v) is 7.00. The van der Waals surface area contributed by atoms with E-state index in [2.05, 4.69) is 20.3 Å². The molecule has 2 aromatic heterocycles. The number of hydrogen-bond donors (Lipinski definition) is 1. The molecule has 1 aromatic carbocycles. The van der Waals surface area contributed by atoms with Crippen LogP contribution in [0.5, 0.6) is 0 Å². The molecule has 0 spiro atoms. The van der Waals surface area contributed by atoms with Crippen LogP contribution in [0, 0.1) is 5.82 Å². The number of nitrogens with zero attached hydrogens (tertiary/aromatic N) is 4. The largest absolute Gasteiger partial charge is 0.347 e. The number of carbonyl (C=O) groups excluding carboxylic acids is 1. The first-order chi connectivity index (χ1) is 12.6. The van der Waals surface area contributed by atoms with Crippen molar-refractivity contribution in [3.05, 3.63) is 57.8 Å². The second-order valence-electron chi connectivity index (χ2n) is 6.07. The minimum absolute atomic E-state index is 0.123. The molecule has 0 unspecified atom stereocenters. The van der Waals surface area contributed by atoms with Crippen molar-refractivity contribution in [3.8, 4) is 0 Å². The first-order valence-corrected chi connectivity index (χ1v) is 9.10. The van der Waals surface area contributed by atoms with Gasteiger partial charge in [-0.2, -0.15) is 9.50 Å². The highest BCUT2D eigenvalue weighted by Crippen LogP contribution is 2.25. The van der Waals surface area contributed by atoms with Gasteiger partial charge in [0.1, 0.15) is 11.5 Å². The molecular formula is C17H16FN5O2S. The quantitative estimate of drug-likeness (QED) is 0.755. The number of amides is 1. The van der Waals surface area contributed by atoms with Crippen LogP contribution in [0.25, 0.3) is 4.96 Å². The van der Waals surface area contributed by atoms with Crippen molar-refractivity contribution in [1.82, 2.24) is 19.9 Å².